The van der Waals surface area contributed by atoms with Crippen molar-refractivity contribution in [3.05, 3.63) is 0 Å². The molecule has 2 heteroatoms. The Balaban J connectivity index is 1.64. The van der Waals surface area contributed by atoms with Crippen LogP contribution in [0.1, 0.15) is 79.1 Å². The van der Waals surface area contributed by atoms with Crippen molar-refractivity contribution in [2.45, 2.75) is 85.2 Å². The molecule has 4 fully saturated rings. The van der Waals surface area contributed by atoms with Crippen molar-refractivity contribution >= 4 is 5.78 Å². The average Bonchev–Trinajstić information content (AvgIpc) is 2.78. The van der Waals surface area contributed by atoms with Crippen molar-refractivity contribution in [1.82, 2.24) is 0 Å². The van der Waals surface area contributed by atoms with E-state index >= 15 is 0 Å². The van der Waals surface area contributed by atoms with Crippen LogP contribution < -0.4 is 0 Å². The molecule has 2 nitrogen and oxygen atoms in total. The highest BCUT2D eigenvalue weighted by Gasteiger charge is 2.62. The topological polar surface area (TPSA) is 37.3 Å². The van der Waals surface area contributed by atoms with Gasteiger partial charge in [0, 0.05) is 5.92 Å². The number of Topliss-reactive ketones (excluding diaryl/α,β-unsaturated/α-hetero) is 1. The van der Waals surface area contributed by atoms with Crippen molar-refractivity contribution in [2.75, 3.05) is 0 Å². The highest BCUT2D eigenvalue weighted by Crippen LogP contribution is 2.68. The largest absolute Gasteiger partial charge is 0.393 e. The molecule has 4 aliphatic rings. The highest BCUT2D eigenvalue weighted by atomic mass is 16.3. The monoisotopic (exact) mass is 332 g/mol. The van der Waals surface area contributed by atoms with Crippen LogP contribution in [-0.2, 0) is 4.79 Å². The molecule has 0 bridgehead atoms. The zero-order valence-electron chi connectivity index (χ0n) is 16.1. The molecule has 0 amide bonds. The van der Waals surface area contributed by atoms with Gasteiger partial charge in [-0.05, 0) is 98.7 Å². The maximum atomic E-state index is 12.4. The van der Waals surface area contributed by atoms with Crippen LogP contribution in [0.5, 0.6) is 0 Å². The molecule has 24 heavy (non-hydrogen) atoms. The molecule has 0 aromatic carbocycles. The van der Waals surface area contributed by atoms with E-state index in [9.17, 15) is 9.90 Å². The van der Waals surface area contributed by atoms with E-state index in [2.05, 4.69) is 20.8 Å². The molecule has 0 aliphatic heterocycles. The van der Waals surface area contributed by atoms with E-state index in [-0.39, 0.29) is 11.5 Å². The summed E-state index contributed by atoms with van der Waals surface area (Å²) >= 11 is 0. The summed E-state index contributed by atoms with van der Waals surface area (Å²) in [6, 6.07) is 0. The number of rotatable bonds is 1. The molecule has 0 unspecified atom stereocenters. The molecule has 0 radical (unpaired) electrons. The van der Waals surface area contributed by atoms with Crippen molar-refractivity contribution in [2.24, 2.45) is 46.3 Å². The lowest BCUT2D eigenvalue weighted by molar-refractivity contribution is -0.139. The first-order valence-electron chi connectivity index (χ1n) is 10.5. The quantitative estimate of drug-likeness (QED) is 0.746. The number of hydrogen-bond acceptors (Lipinski definition) is 2. The Morgan fingerprint density at radius 1 is 0.958 bits per heavy atom. The molecule has 136 valence electrons. The Hall–Kier alpha value is -0.370. The first-order valence-corrected chi connectivity index (χ1v) is 10.5. The minimum absolute atomic E-state index is 0.0536. The summed E-state index contributed by atoms with van der Waals surface area (Å²) < 4.78 is 0. The number of carbonyl (C=O) groups is 1. The van der Waals surface area contributed by atoms with Crippen molar-refractivity contribution in [1.29, 1.82) is 0 Å². The molecular weight excluding hydrogens is 296 g/mol. The Bertz CT molecular complexity index is 528. The van der Waals surface area contributed by atoms with E-state index in [1.165, 1.54) is 38.5 Å². The van der Waals surface area contributed by atoms with Gasteiger partial charge in [0.2, 0.25) is 0 Å². The lowest BCUT2D eigenvalue weighted by Gasteiger charge is -2.60. The third-order valence-corrected chi connectivity index (χ3v) is 9.42. The number of fused-ring (bicyclic) bond motifs is 5. The van der Waals surface area contributed by atoms with Gasteiger partial charge >= 0.3 is 0 Å². The Kier molecular flexibility index (Phi) is 3.95. The third kappa shape index (κ3) is 2.20. The second-order valence-corrected chi connectivity index (χ2v) is 10.4. The molecule has 0 aromatic rings. The highest BCUT2D eigenvalue weighted by molar-refractivity contribution is 5.80. The number of carbonyl (C=O) groups excluding carboxylic acids is 1. The van der Waals surface area contributed by atoms with E-state index < -0.39 is 0 Å². The predicted molar refractivity (Wildman–Crippen MR) is 96.5 cm³/mol. The number of aliphatic hydroxyl groups excluding tert-OH is 1. The molecule has 0 heterocycles. The van der Waals surface area contributed by atoms with E-state index in [1.807, 2.05) is 6.92 Å². The van der Waals surface area contributed by atoms with Crippen molar-refractivity contribution in [3.8, 4) is 0 Å². The number of hydrogen-bond donors (Lipinski definition) is 1. The Morgan fingerprint density at radius 3 is 2.38 bits per heavy atom. The van der Waals surface area contributed by atoms with Crippen LogP contribution in [-0.4, -0.2) is 17.0 Å². The first kappa shape index (κ1) is 17.1. The maximum Gasteiger partial charge on any atom is 0.133 e. The summed E-state index contributed by atoms with van der Waals surface area (Å²) in [5.41, 5.74) is 0.699. The summed E-state index contributed by atoms with van der Waals surface area (Å²) in [6.07, 6.45) is 9.69. The fourth-order valence-electron chi connectivity index (χ4n) is 8.46. The minimum atomic E-state index is -0.0536. The molecule has 4 rings (SSSR count). The van der Waals surface area contributed by atoms with Crippen LogP contribution in [0, 0.1) is 46.3 Å². The van der Waals surface area contributed by atoms with E-state index in [0.29, 0.717) is 23.0 Å². The summed E-state index contributed by atoms with van der Waals surface area (Å²) in [6.45, 7) is 9.16. The molecule has 0 spiro atoms. The molecule has 1 N–H and O–H groups in total. The zero-order chi connectivity index (χ0) is 17.3. The van der Waals surface area contributed by atoms with Crippen LogP contribution in [0.3, 0.4) is 0 Å². The predicted octanol–water partition coefficient (Wildman–Crippen LogP) is 4.84. The molecule has 0 aromatic heterocycles. The van der Waals surface area contributed by atoms with Crippen molar-refractivity contribution < 1.29 is 9.90 Å². The van der Waals surface area contributed by atoms with E-state index in [4.69, 9.17) is 0 Å². The van der Waals surface area contributed by atoms with Gasteiger partial charge in [-0.15, -0.1) is 0 Å². The van der Waals surface area contributed by atoms with Crippen LogP contribution >= 0.6 is 0 Å². The van der Waals surface area contributed by atoms with Crippen LogP contribution in [0.15, 0.2) is 0 Å². The van der Waals surface area contributed by atoms with Gasteiger partial charge in [0.25, 0.3) is 0 Å². The smallest absolute Gasteiger partial charge is 0.133 e. The first-order chi connectivity index (χ1) is 11.3. The lowest BCUT2D eigenvalue weighted by atomic mass is 9.44. The number of aliphatic hydroxyl groups is 1. The summed E-state index contributed by atoms with van der Waals surface area (Å²) in [5, 5.41) is 10.1. The van der Waals surface area contributed by atoms with Gasteiger partial charge in [-0.2, -0.15) is 0 Å². The van der Waals surface area contributed by atoms with Crippen molar-refractivity contribution in [3.63, 3.8) is 0 Å². The van der Waals surface area contributed by atoms with Crippen LogP contribution in [0.4, 0.5) is 0 Å². The standard InChI is InChI=1S/C22H36O2/c1-13-11-19-17-6-5-15-12-16(24)7-9-21(15,3)18(17)8-10-22(19,4)20(13)14(2)23/h13,15-20,24H,5-12H2,1-4H3/t13-,15-,16-,17+,18-,19-,20+,21-,22-/m0/s1. The number of ketones is 1. The maximum absolute atomic E-state index is 12.4. The van der Waals surface area contributed by atoms with Gasteiger partial charge in [0.05, 0.1) is 6.10 Å². The van der Waals surface area contributed by atoms with E-state index in [1.54, 1.807) is 0 Å². The second-order valence-electron chi connectivity index (χ2n) is 10.4. The second kappa shape index (κ2) is 5.56. The average molecular weight is 333 g/mol. The van der Waals surface area contributed by atoms with Gasteiger partial charge in [-0.25, -0.2) is 0 Å². The summed E-state index contributed by atoms with van der Waals surface area (Å²) in [5.74, 6) is 4.44. The fourth-order valence-corrected chi connectivity index (χ4v) is 8.46. The van der Waals surface area contributed by atoms with Crippen LogP contribution in [0.2, 0.25) is 0 Å². The molecular formula is C22H36O2. The zero-order valence-corrected chi connectivity index (χ0v) is 16.1. The summed E-state index contributed by atoms with van der Waals surface area (Å²) in [7, 11) is 0. The van der Waals surface area contributed by atoms with Gasteiger partial charge in [-0.3, -0.25) is 4.79 Å². The Morgan fingerprint density at radius 2 is 1.67 bits per heavy atom. The molecule has 0 saturated heterocycles. The minimum Gasteiger partial charge on any atom is -0.393 e. The van der Waals surface area contributed by atoms with Gasteiger partial charge < -0.3 is 5.11 Å². The molecule has 4 aliphatic carbocycles. The Labute approximate surface area is 147 Å². The summed E-state index contributed by atoms with van der Waals surface area (Å²) in [4.78, 5) is 12.4. The molecule has 9 atom stereocenters. The lowest BCUT2D eigenvalue weighted by Crippen LogP contribution is -2.54. The van der Waals surface area contributed by atoms with E-state index in [0.717, 1.165) is 36.5 Å². The van der Waals surface area contributed by atoms with Crippen LogP contribution in [0.25, 0.3) is 0 Å². The van der Waals surface area contributed by atoms with Gasteiger partial charge in [0.1, 0.15) is 5.78 Å². The third-order valence-electron chi connectivity index (χ3n) is 9.42. The molecule has 4 saturated carbocycles. The normalized spacial score (nSPS) is 57.0. The van der Waals surface area contributed by atoms with Gasteiger partial charge in [0.15, 0.2) is 0 Å². The fraction of sp³-hybridized carbons (Fsp3) is 0.955. The van der Waals surface area contributed by atoms with Gasteiger partial charge in [-0.1, -0.05) is 20.8 Å². The SMILES string of the molecule is CC(=O)[C@H]1[C@@H](C)C[C@H]2[C@@H]3CC[C@H]4C[C@@H](O)CC[C@]4(C)[C@H]3CC[C@@]21C.